The van der Waals surface area contributed by atoms with E-state index in [0.717, 1.165) is 0 Å². The maximum Gasteiger partial charge on any atom is 0.335 e. The maximum atomic E-state index is 11.9. The molecule has 1 amide bonds. The number of aromatic carboxylic acids is 1. The van der Waals surface area contributed by atoms with Crippen LogP contribution < -0.4 is 10.1 Å². The Morgan fingerprint density at radius 2 is 1.95 bits per heavy atom. The molecule has 1 aromatic rings. The van der Waals surface area contributed by atoms with Crippen molar-refractivity contribution in [2.75, 3.05) is 12.4 Å². The number of carboxylic acid groups (broad SMARTS) is 1. The van der Waals surface area contributed by atoms with E-state index in [1.165, 1.54) is 25.3 Å². The highest BCUT2D eigenvalue weighted by atomic mass is 16.5. The van der Waals surface area contributed by atoms with E-state index in [9.17, 15) is 9.59 Å². The van der Waals surface area contributed by atoms with Crippen LogP contribution in [-0.4, -0.2) is 24.1 Å². The van der Waals surface area contributed by atoms with Gasteiger partial charge in [0.15, 0.2) is 0 Å². The van der Waals surface area contributed by atoms with E-state index in [-0.39, 0.29) is 16.9 Å². The molecule has 5 heteroatoms. The molecule has 5 nitrogen and oxygen atoms in total. The second-order valence-electron chi connectivity index (χ2n) is 5.51. The number of hydrogen-bond donors (Lipinski definition) is 2. The second-order valence-corrected chi connectivity index (χ2v) is 5.51. The highest BCUT2D eigenvalue weighted by Crippen LogP contribution is 2.27. The van der Waals surface area contributed by atoms with Gasteiger partial charge in [-0.15, -0.1) is 0 Å². The molecule has 0 bridgehead atoms. The van der Waals surface area contributed by atoms with Crippen LogP contribution in [0.25, 0.3) is 0 Å². The molecule has 0 aliphatic carbocycles. The normalized spacial score (nSPS) is 10.9. The van der Waals surface area contributed by atoms with Gasteiger partial charge in [-0.25, -0.2) is 4.79 Å². The Hall–Kier alpha value is -2.04. The molecular formula is C14H19NO4. The minimum absolute atomic E-state index is 0.104. The fourth-order valence-electron chi connectivity index (χ4n) is 1.61. The Kier molecular flexibility index (Phi) is 4.53. The SMILES string of the molecule is COc1ccc(C(=O)O)cc1NC(=O)CC(C)(C)C. The average molecular weight is 265 g/mol. The van der Waals surface area contributed by atoms with E-state index in [0.29, 0.717) is 17.9 Å². The summed E-state index contributed by atoms with van der Waals surface area (Å²) < 4.78 is 5.10. The van der Waals surface area contributed by atoms with Crippen molar-refractivity contribution >= 4 is 17.6 Å². The number of nitrogens with one attached hydrogen (secondary N) is 1. The lowest BCUT2D eigenvalue weighted by molar-refractivity contribution is -0.117. The second kappa shape index (κ2) is 5.73. The summed E-state index contributed by atoms with van der Waals surface area (Å²) in [5.41, 5.74) is 0.338. The van der Waals surface area contributed by atoms with Crippen molar-refractivity contribution in [3.05, 3.63) is 23.8 Å². The van der Waals surface area contributed by atoms with Gasteiger partial charge >= 0.3 is 5.97 Å². The Morgan fingerprint density at radius 3 is 2.42 bits per heavy atom. The molecule has 1 aromatic carbocycles. The zero-order valence-electron chi connectivity index (χ0n) is 11.6. The van der Waals surface area contributed by atoms with E-state index < -0.39 is 5.97 Å². The first-order valence-corrected chi connectivity index (χ1v) is 5.94. The average Bonchev–Trinajstić information content (AvgIpc) is 2.26. The van der Waals surface area contributed by atoms with Crippen LogP contribution in [0.1, 0.15) is 37.6 Å². The van der Waals surface area contributed by atoms with Crippen molar-refractivity contribution in [1.82, 2.24) is 0 Å². The topological polar surface area (TPSA) is 75.6 Å². The summed E-state index contributed by atoms with van der Waals surface area (Å²) in [6.45, 7) is 5.87. The fraction of sp³-hybridized carbons (Fsp3) is 0.429. The maximum absolute atomic E-state index is 11.9. The van der Waals surface area contributed by atoms with Crippen LogP contribution >= 0.6 is 0 Å². The van der Waals surface area contributed by atoms with Gasteiger partial charge in [0.1, 0.15) is 5.75 Å². The van der Waals surface area contributed by atoms with Gasteiger partial charge in [-0.2, -0.15) is 0 Å². The molecule has 0 spiro atoms. The molecule has 0 aliphatic rings. The summed E-state index contributed by atoms with van der Waals surface area (Å²) >= 11 is 0. The lowest BCUT2D eigenvalue weighted by Gasteiger charge is -2.18. The number of carbonyl (C=O) groups excluding carboxylic acids is 1. The number of amides is 1. The van der Waals surface area contributed by atoms with Crippen molar-refractivity contribution < 1.29 is 19.4 Å². The molecule has 104 valence electrons. The summed E-state index contributed by atoms with van der Waals surface area (Å²) in [6.07, 6.45) is 0.341. The molecule has 0 unspecified atom stereocenters. The molecule has 0 saturated heterocycles. The van der Waals surface area contributed by atoms with Crippen molar-refractivity contribution in [1.29, 1.82) is 0 Å². The summed E-state index contributed by atoms with van der Waals surface area (Å²) in [7, 11) is 1.47. The van der Waals surface area contributed by atoms with Gasteiger partial charge in [0.25, 0.3) is 0 Å². The molecule has 0 aromatic heterocycles. The van der Waals surface area contributed by atoms with E-state index in [1.807, 2.05) is 20.8 Å². The van der Waals surface area contributed by atoms with Crippen LogP contribution in [0.3, 0.4) is 0 Å². The third-order valence-corrected chi connectivity index (χ3v) is 2.41. The number of rotatable bonds is 4. The lowest BCUT2D eigenvalue weighted by Crippen LogP contribution is -2.20. The van der Waals surface area contributed by atoms with Crippen molar-refractivity contribution in [3.63, 3.8) is 0 Å². The molecule has 0 atom stereocenters. The standard InChI is InChI=1S/C14H19NO4/c1-14(2,3)8-12(16)15-10-7-9(13(17)18)5-6-11(10)19-4/h5-7H,8H2,1-4H3,(H,15,16)(H,17,18). The summed E-state index contributed by atoms with van der Waals surface area (Å²) in [6, 6.07) is 4.35. The van der Waals surface area contributed by atoms with Gasteiger partial charge in [-0.05, 0) is 23.6 Å². The monoisotopic (exact) mass is 265 g/mol. The third kappa shape index (κ3) is 4.62. The Bertz CT molecular complexity index is 489. The summed E-state index contributed by atoms with van der Waals surface area (Å²) in [4.78, 5) is 22.8. The van der Waals surface area contributed by atoms with Crippen molar-refractivity contribution in [2.45, 2.75) is 27.2 Å². The minimum atomic E-state index is -1.05. The van der Waals surface area contributed by atoms with E-state index in [2.05, 4.69) is 5.32 Å². The number of carbonyl (C=O) groups is 2. The lowest BCUT2D eigenvalue weighted by atomic mass is 9.92. The van der Waals surface area contributed by atoms with Crippen LogP contribution in [0.5, 0.6) is 5.75 Å². The number of anilines is 1. The predicted molar refractivity (Wildman–Crippen MR) is 72.7 cm³/mol. The first kappa shape index (κ1) is 15.0. The first-order valence-electron chi connectivity index (χ1n) is 5.94. The van der Waals surface area contributed by atoms with E-state index in [4.69, 9.17) is 9.84 Å². The van der Waals surface area contributed by atoms with Gasteiger partial charge in [0.2, 0.25) is 5.91 Å². The molecule has 2 N–H and O–H groups in total. The van der Waals surface area contributed by atoms with Gasteiger partial charge in [0.05, 0.1) is 18.4 Å². The number of hydrogen-bond acceptors (Lipinski definition) is 3. The number of carboxylic acids is 1. The molecule has 0 heterocycles. The number of methoxy groups -OCH3 is 1. The molecule has 0 fully saturated rings. The Labute approximate surface area is 112 Å². The highest BCUT2D eigenvalue weighted by Gasteiger charge is 2.18. The van der Waals surface area contributed by atoms with Crippen LogP contribution in [0, 0.1) is 5.41 Å². The van der Waals surface area contributed by atoms with E-state index >= 15 is 0 Å². The number of ether oxygens (including phenoxy) is 1. The van der Waals surface area contributed by atoms with Crippen LogP contribution in [0.4, 0.5) is 5.69 Å². The molecule has 0 radical (unpaired) electrons. The first-order chi connectivity index (χ1) is 8.73. The number of benzene rings is 1. The molecule has 0 saturated carbocycles. The van der Waals surface area contributed by atoms with Gasteiger partial charge in [-0.3, -0.25) is 4.79 Å². The van der Waals surface area contributed by atoms with Gasteiger partial charge in [0, 0.05) is 6.42 Å². The molecular weight excluding hydrogens is 246 g/mol. The van der Waals surface area contributed by atoms with Crippen molar-refractivity contribution in [2.24, 2.45) is 5.41 Å². The quantitative estimate of drug-likeness (QED) is 0.877. The predicted octanol–water partition coefficient (Wildman–Crippen LogP) is 2.77. The van der Waals surface area contributed by atoms with Crippen LogP contribution in [-0.2, 0) is 4.79 Å². The Balaban J connectivity index is 2.95. The third-order valence-electron chi connectivity index (χ3n) is 2.41. The van der Waals surface area contributed by atoms with Crippen molar-refractivity contribution in [3.8, 4) is 5.75 Å². The minimum Gasteiger partial charge on any atom is -0.495 e. The summed E-state index contributed by atoms with van der Waals surface area (Å²) in [5, 5.41) is 11.6. The highest BCUT2D eigenvalue weighted by molar-refractivity contribution is 5.95. The smallest absolute Gasteiger partial charge is 0.335 e. The van der Waals surface area contributed by atoms with Gasteiger partial charge < -0.3 is 15.2 Å². The van der Waals surface area contributed by atoms with Crippen LogP contribution in [0.2, 0.25) is 0 Å². The van der Waals surface area contributed by atoms with E-state index in [1.54, 1.807) is 0 Å². The van der Waals surface area contributed by atoms with Crippen LogP contribution in [0.15, 0.2) is 18.2 Å². The molecule has 19 heavy (non-hydrogen) atoms. The zero-order valence-corrected chi connectivity index (χ0v) is 11.6. The zero-order chi connectivity index (χ0) is 14.6. The molecule has 1 rings (SSSR count). The fourth-order valence-corrected chi connectivity index (χ4v) is 1.61. The Morgan fingerprint density at radius 1 is 1.32 bits per heavy atom. The van der Waals surface area contributed by atoms with Gasteiger partial charge in [-0.1, -0.05) is 20.8 Å². The largest absolute Gasteiger partial charge is 0.495 e. The summed E-state index contributed by atoms with van der Waals surface area (Å²) in [5.74, 6) is -0.783. The molecule has 0 aliphatic heterocycles.